The van der Waals surface area contributed by atoms with Crippen LogP contribution in [0.3, 0.4) is 0 Å². The van der Waals surface area contributed by atoms with E-state index in [0.717, 1.165) is 27.8 Å². The van der Waals surface area contributed by atoms with E-state index >= 15 is 0 Å². The Morgan fingerprint density at radius 3 is 2.20 bits per heavy atom. The summed E-state index contributed by atoms with van der Waals surface area (Å²) in [6.07, 6.45) is 0. The number of hydrogen-bond acceptors (Lipinski definition) is 3. The normalized spacial score (nSPS) is 10.3. The third-order valence-corrected chi connectivity index (χ3v) is 4.01. The summed E-state index contributed by atoms with van der Waals surface area (Å²) < 4.78 is 11.4. The lowest BCUT2D eigenvalue weighted by molar-refractivity contribution is 0.217. The summed E-state index contributed by atoms with van der Waals surface area (Å²) in [5.41, 5.74) is 2.05. The van der Waals surface area contributed by atoms with Crippen molar-refractivity contribution >= 4 is 17.3 Å². The Hall–Kier alpha value is -2.65. The molecule has 0 spiro atoms. The summed E-state index contributed by atoms with van der Waals surface area (Å²) in [7, 11) is 0. The van der Waals surface area contributed by atoms with Gasteiger partial charge in [0.25, 0.3) is 0 Å². The van der Waals surface area contributed by atoms with Crippen LogP contribution in [0.2, 0.25) is 5.02 Å². The number of halogens is 1. The molecule has 0 aliphatic heterocycles. The molecule has 0 saturated heterocycles. The second kappa shape index (κ2) is 9.00. The second-order valence-corrected chi connectivity index (χ2v) is 5.89. The van der Waals surface area contributed by atoms with Gasteiger partial charge >= 0.3 is 0 Å². The van der Waals surface area contributed by atoms with E-state index in [4.69, 9.17) is 21.1 Å². The minimum absolute atomic E-state index is 0.489. The highest BCUT2D eigenvalue weighted by Gasteiger charge is 2.01. The average molecular weight is 354 g/mol. The van der Waals surface area contributed by atoms with Gasteiger partial charge in [-0.05, 0) is 35.9 Å². The molecule has 0 unspecified atom stereocenters. The maximum atomic E-state index is 6.18. The molecule has 0 amide bonds. The molecular weight excluding hydrogens is 334 g/mol. The Labute approximate surface area is 153 Å². The molecule has 4 heteroatoms. The van der Waals surface area contributed by atoms with Crippen LogP contribution in [0.1, 0.15) is 5.56 Å². The maximum absolute atomic E-state index is 6.18. The van der Waals surface area contributed by atoms with Crippen molar-refractivity contribution in [3.63, 3.8) is 0 Å². The van der Waals surface area contributed by atoms with Crippen molar-refractivity contribution in [2.75, 3.05) is 18.5 Å². The summed E-state index contributed by atoms with van der Waals surface area (Å²) in [4.78, 5) is 0. The van der Waals surface area contributed by atoms with Crippen molar-refractivity contribution in [1.29, 1.82) is 0 Å². The van der Waals surface area contributed by atoms with Gasteiger partial charge < -0.3 is 14.8 Å². The smallest absolute Gasteiger partial charge is 0.122 e. The molecule has 0 aliphatic carbocycles. The SMILES string of the molecule is Clc1ccccc1CNc1cccc(OCCOc2ccccc2)c1. The van der Waals surface area contributed by atoms with Crippen molar-refractivity contribution in [1.82, 2.24) is 0 Å². The van der Waals surface area contributed by atoms with Crippen LogP contribution in [0.25, 0.3) is 0 Å². The lowest BCUT2D eigenvalue weighted by atomic mass is 10.2. The van der Waals surface area contributed by atoms with Crippen molar-refractivity contribution in [2.45, 2.75) is 6.54 Å². The molecule has 3 nitrogen and oxygen atoms in total. The number of hydrogen-bond donors (Lipinski definition) is 1. The van der Waals surface area contributed by atoms with E-state index in [-0.39, 0.29) is 0 Å². The van der Waals surface area contributed by atoms with Crippen molar-refractivity contribution in [3.05, 3.63) is 89.4 Å². The number of anilines is 1. The molecule has 0 heterocycles. The molecule has 3 aromatic rings. The monoisotopic (exact) mass is 353 g/mol. The fourth-order valence-electron chi connectivity index (χ4n) is 2.37. The highest BCUT2D eigenvalue weighted by molar-refractivity contribution is 6.31. The first-order chi connectivity index (χ1) is 12.3. The van der Waals surface area contributed by atoms with Gasteiger partial charge in [0.1, 0.15) is 24.7 Å². The minimum atomic E-state index is 0.489. The summed E-state index contributed by atoms with van der Waals surface area (Å²) in [6, 6.07) is 25.4. The lowest BCUT2D eigenvalue weighted by Gasteiger charge is -2.11. The predicted octanol–water partition coefficient (Wildman–Crippen LogP) is 5.41. The van der Waals surface area contributed by atoms with Crippen LogP contribution in [0.15, 0.2) is 78.9 Å². The number of nitrogens with one attached hydrogen (secondary N) is 1. The summed E-state index contributed by atoms with van der Waals surface area (Å²) in [6.45, 7) is 1.66. The Kier molecular flexibility index (Phi) is 6.18. The number of para-hydroxylation sites is 1. The molecule has 0 saturated carbocycles. The van der Waals surface area contributed by atoms with E-state index in [1.54, 1.807) is 0 Å². The summed E-state index contributed by atoms with van der Waals surface area (Å²) in [5, 5.41) is 4.13. The standard InChI is InChI=1S/C21H20ClNO2/c22-21-12-5-4-7-17(21)16-23-18-8-6-11-20(15-18)25-14-13-24-19-9-2-1-3-10-19/h1-12,15,23H,13-14,16H2. The van der Waals surface area contributed by atoms with Crippen molar-refractivity contribution in [2.24, 2.45) is 0 Å². The van der Waals surface area contributed by atoms with E-state index < -0.39 is 0 Å². The topological polar surface area (TPSA) is 30.5 Å². The predicted molar refractivity (Wildman–Crippen MR) is 103 cm³/mol. The largest absolute Gasteiger partial charge is 0.490 e. The fourth-order valence-corrected chi connectivity index (χ4v) is 2.57. The number of benzene rings is 3. The highest BCUT2D eigenvalue weighted by atomic mass is 35.5. The molecule has 0 aromatic heterocycles. The first-order valence-corrected chi connectivity index (χ1v) is 8.57. The van der Waals surface area contributed by atoms with E-state index in [9.17, 15) is 0 Å². The maximum Gasteiger partial charge on any atom is 0.122 e. The number of ether oxygens (including phenoxy) is 2. The van der Waals surface area contributed by atoms with Gasteiger partial charge in [0.2, 0.25) is 0 Å². The highest BCUT2D eigenvalue weighted by Crippen LogP contribution is 2.20. The van der Waals surface area contributed by atoms with Gasteiger partial charge in [-0.2, -0.15) is 0 Å². The molecule has 1 N–H and O–H groups in total. The van der Waals surface area contributed by atoms with Crippen LogP contribution in [-0.4, -0.2) is 13.2 Å². The van der Waals surface area contributed by atoms with Crippen LogP contribution < -0.4 is 14.8 Å². The molecular formula is C21H20ClNO2. The zero-order valence-corrected chi connectivity index (χ0v) is 14.6. The molecule has 0 radical (unpaired) electrons. The zero-order valence-electron chi connectivity index (χ0n) is 13.8. The Bertz CT molecular complexity index is 793. The van der Waals surface area contributed by atoms with Crippen LogP contribution >= 0.6 is 11.6 Å². The van der Waals surface area contributed by atoms with Crippen LogP contribution in [0, 0.1) is 0 Å². The third-order valence-electron chi connectivity index (χ3n) is 3.64. The van der Waals surface area contributed by atoms with Gasteiger partial charge in [0.15, 0.2) is 0 Å². The average Bonchev–Trinajstić information content (AvgIpc) is 2.66. The molecule has 25 heavy (non-hydrogen) atoms. The molecule has 3 aromatic carbocycles. The van der Waals surface area contributed by atoms with Crippen LogP contribution in [0.5, 0.6) is 11.5 Å². The Morgan fingerprint density at radius 1 is 0.720 bits per heavy atom. The van der Waals surface area contributed by atoms with Crippen LogP contribution in [0.4, 0.5) is 5.69 Å². The Morgan fingerprint density at radius 2 is 1.40 bits per heavy atom. The number of rotatable bonds is 8. The van der Waals surface area contributed by atoms with E-state index in [1.165, 1.54) is 0 Å². The molecule has 0 aliphatic rings. The van der Waals surface area contributed by atoms with Gasteiger partial charge in [-0.25, -0.2) is 0 Å². The fraction of sp³-hybridized carbons (Fsp3) is 0.143. The molecule has 0 bridgehead atoms. The van der Waals surface area contributed by atoms with Gasteiger partial charge in [0, 0.05) is 23.3 Å². The first-order valence-electron chi connectivity index (χ1n) is 8.19. The molecule has 3 rings (SSSR count). The van der Waals surface area contributed by atoms with Gasteiger partial charge in [0.05, 0.1) is 0 Å². The van der Waals surface area contributed by atoms with Crippen molar-refractivity contribution < 1.29 is 9.47 Å². The summed E-state index contributed by atoms with van der Waals surface area (Å²) in [5.74, 6) is 1.65. The van der Waals surface area contributed by atoms with E-state index in [2.05, 4.69) is 5.32 Å². The van der Waals surface area contributed by atoms with Gasteiger partial charge in [-0.1, -0.05) is 54.1 Å². The van der Waals surface area contributed by atoms with E-state index in [1.807, 2.05) is 78.9 Å². The lowest BCUT2D eigenvalue weighted by Crippen LogP contribution is -2.09. The summed E-state index contributed by atoms with van der Waals surface area (Å²) >= 11 is 6.18. The van der Waals surface area contributed by atoms with Crippen molar-refractivity contribution in [3.8, 4) is 11.5 Å². The third kappa shape index (κ3) is 5.44. The molecule has 0 fully saturated rings. The van der Waals surface area contributed by atoms with Crippen LogP contribution in [-0.2, 0) is 6.54 Å². The molecule has 0 atom stereocenters. The quantitative estimate of drug-likeness (QED) is 0.549. The Balaban J connectivity index is 1.47. The first kappa shape index (κ1) is 17.2. The zero-order chi connectivity index (χ0) is 17.3. The van der Waals surface area contributed by atoms with E-state index in [0.29, 0.717) is 19.8 Å². The van der Waals surface area contributed by atoms with Gasteiger partial charge in [-0.3, -0.25) is 0 Å². The van der Waals surface area contributed by atoms with Gasteiger partial charge in [-0.15, -0.1) is 0 Å². The second-order valence-electron chi connectivity index (χ2n) is 5.48. The molecule has 128 valence electrons. The minimum Gasteiger partial charge on any atom is -0.490 e.